The Kier molecular flexibility index (Phi) is 5.25. The number of imidazole rings is 1. The summed E-state index contributed by atoms with van der Waals surface area (Å²) in [7, 11) is 1.88. The SMILES string of the molecule is Cn1ccnc1CNC(=O)Nc1ccc(OC2CCCC2)c(Cl)c1. The number of benzene rings is 1. The molecule has 7 heteroatoms. The van der Waals surface area contributed by atoms with E-state index in [1.165, 1.54) is 12.8 Å². The molecule has 0 radical (unpaired) electrons. The Morgan fingerprint density at radius 3 is 2.88 bits per heavy atom. The molecule has 0 unspecified atom stereocenters. The molecular formula is C17H21ClN4O2. The molecule has 2 aromatic rings. The minimum Gasteiger partial charge on any atom is -0.489 e. The normalized spacial score (nSPS) is 14.6. The van der Waals surface area contributed by atoms with E-state index in [1.54, 1.807) is 24.4 Å². The molecule has 1 heterocycles. The van der Waals surface area contributed by atoms with Crippen molar-refractivity contribution in [3.8, 4) is 5.75 Å². The summed E-state index contributed by atoms with van der Waals surface area (Å²) in [6.45, 7) is 0.353. The third kappa shape index (κ3) is 4.20. The summed E-state index contributed by atoms with van der Waals surface area (Å²) in [6, 6.07) is 4.98. The number of ether oxygens (including phenoxy) is 1. The van der Waals surface area contributed by atoms with Crippen LogP contribution in [0.25, 0.3) is 0 Å². The largest absolute Gasteiger partial charge is 0.489 e. The van der Waals surface area contributed by atoms with Gasteiger partial charge >= 0.3 is 6.03 Å². The number of carbonyl (C=O) groups is 1. The number of halogens is 1. The van der Waals surface area contributed by atoms with Crippen LogP contribution in [-0.2, 0) is 13.6 Å². The summed E-state index contributed by atoms with van der Waals surface area (Å²) in [4.78, 5) is 16.1. The molecule has 1 aliphatic rings. The Hall–Kier alpha value is -2.21. The van der Waals surface area contributed by atoms with E-state index in [2.05, 4.69) is 15.6 Å². The first kappa shape index (κ1) is 16.6. The van der Waals surface area contributed by atoms with Crippen LogP contribution >= 0.6 is 11.6 Å². The minimum absolute atomic E-state index is 0.252. The van der Waals surface area contributed by atoms with Crippen LogP contribution in [0.2, 0.25) is 5.02 Å². The van der Waals surface area contributed by atoms with Crippen molar-refractivity contribution in [2.75, 3.05) is 5.32 Å². The van der Waals surface area contributed by atoms with Gasteiger partial charge in [0.15, 0.2) is 0 Å². The number of hydrogen-bond donors (Lipinski definition) is 2. The first-order valence-electron chi connectivity index (χ1n) is 8.09. The van der Waals surface area contributed by atoms with Crippen LogP contribution in [-0.4, -0.2) is 21.7 Å². The van der Waals surface area contributed by atoms with Gasteiger partial charge in [-0.15, -0.1) is 0 Å². The number of carbonyl (C=O) groups excluding carboxylic acids is 1. The van der Waals surface area contributed by atoms with Gasteiger partial charge in [0.1, 0.15) is 11.6 Å². The van der Waals surface area contributed by atoms with Crippen LogP contribution in [0.3, 0.4) is 0 Å². The second kappa shape index (κ2) is 7.57. The molecule has 0 bridgehead atoms. The third-order valence-corrected chi connectivity index (χ3v) is 4.41. The van der Waals surface area contributed by atoms with Gasteiger partial charge in [-0.3, -0.25) is 0 Å². The molecule has 1 aromatic heterocycles. The molecule has 2 amide bonds. The average Bonchev–Trinajstić information content (AvgIpc) is 3.20. The first-order valence-corrected chi connectivity index (χ1v) is 8.47. The zero-order chi connectivity index (χ0) is 16.9. The highest BCUT2D eigenvalue weighted by Crippen LogP contribution is 2.31. The predicted octanol–water partition coefficient (Wildman–Crippen LogP) is 3.72. The van der Waals surface area contributed by atoms with Gasteiger partial charge in [0.2, 0.25) is 0 Å². The highest BCUT2D eigenvalue weighted by atomic mass is 35.5. The van der Waals surface area contributed by atoms with Crippen molar-refractivity contribution in [2.24, 2.45) is 7.05 Å². The number of hydrogen-bond acceptors (Lipinski definition) is 3. The maximum Gasteiger partial charge on any atom is 0.319 e. The predicted molar refractivity (Wildman–Crippen MR) is 93.4 cm³/mol. The molecule has 1 aliphatic carbocycles. The second-order valence-electron chi connectivity index (χ2n) is 5.93. The van der Waals surface area contributed by atoms with E-state index in [0.29, 0.717) is 23.0 Å². The summed E-state index contributed by atoms with van der Waals surface area (Å²) >= 11 is 6.26. The van der Waals surface area contributed by atoms with E-state index in [0.717, 1.165) is 18.7 Å². The van der Waals surface area contributed by atoms with Crippen LogP contribution in [0.15, 0.2) is 30.6 Å². The van der Waals surface area contributed by atoms with E-state index < -0.39 is 0 Å². The Labute approximate surface area is 146 Å². The maximum absolute atomic E-state index is 12.0. The number of amides is 2. The Morgan fingerprint density at radius 2 is 2.21 bits per heavy atom. The van der Waals surface area contributed by atoms with E-state index in [4.69, 9.17) is 16.3 Å². The minimum atomic E-state index is -0.307. The smallest absolute Gasteiger partial charge is 0.319 e. The highest BCUT2D eigenvalue weighted by molar-refractivity contribution is 6.32. The fourth-order valence-corrected chi connectivity index (χ4v) is 2.99. The molecule has 24 heavy (non-hydrogen) atoms. The van der Waals surface area contributed by atoms with Crippen molar-refractivity contribution >= 4 is 23.3 Å². The summed E-state index contributed by atoms with van der Waals surface area (Å²) in [6.07, 6.45) is 8.34. The van der Waals surface area contributed by atoms with Crippen LogP contribution in [0.4, 0.5) is 10.5 Å². The summed E-state index contributed by atoms with van der Waals surface area (Å²) in [5.74, 6) is 1.45. The summed E-state index contributed by atoms with van der Waals surface area (Å²) in [5.41, 5.74) is 0.621. The van der Waals surface area contributed by atoms with E-state index in [1.807, 2.05) is 17.8 Å². The van der Waals surface area contributed by atoms with Gasteiger partial charge in [0.05, 0.1) is 17.7 Å². The average molecular weight is 349 g/mol. The highest BCUT2D eigenvalue weighted by Gasteiger charge is 2.18. The van der Waals surface area contributed by atoms with E-state index in [9.17, 15) is 4.79 Å². The lowest BCUT2D eigenvalue weighted by molar-refractivity contribution is 0.210. The summed E-state index contributed by atoms with van der Waals surface area (Å²) < 4.78 is 7.76. The number of rotatable bonds is 5. The lowest BCUT2D eigenvalue weighted by Crippen LogP contribution is -2.29. The zero-order valence-corrected chi connectivity index (χ0v) is 14.3. The number of nitrogens with zero attached hydrogens (tertiary/aromatic N) is 2. The molecule has 0 spiro atoms. The topological polar surface area (TPSA) is 68.2 Å². The molecule has 1 aromatic carbocycles. The van der Waals surface area contributed by atoms with Crippen LogP contribution in [0.5, 0.6) is 5.75 Å². The third-order valence-electron chi connectivity index (χ3n) is 4.11. The number of aryl methyl sites for hydroxylation is 1. The molecule has 128 valence electrons. The van der Waals surface area contributed by atoms with Gasteiger partial charge in [-0.05, 0) is 43.9 Å². The van der Waals surface area contributed by atoms with E-state index >= 15 is 0 Å². The van der Waals surface area contributed by atoms with Gasteiger partial charge in [0, 0.05) is 25.1 Å². The molecule has 1 fully saturated rings. The van der Waals surface area contributed by atoms with E-state index in [-0.39, 0.29) is 12.1 Å². The Bertz CT molecular complexity index is 710. The molecule has 0 aliphatic heterocycles. The number of nitrogens with one attached hydrogen (secondary N) is 2. The molecule has 2 N–H and O–H groups in total. The van der Waals surface area contributed by atoms with Crippen molar-refractivity contribution < 1.29 is 9.53 Å². The van der Waals surface area contributed by atoms with Crippen LogP contribution in [0.1, 0.15) is 31.5 Å². The molecule has 3 rings (SSSR count). The van der Waals surface area contributed by atoms with Gasteiger partial charge in [-0.25, -0.2) is 9.78 Å². The maximum atomic E-state index is 12.0. The standard InChI is InChI=1S/C17H21ClN4O2/c1-22-9-8-19-16(22)11-20-17(23)21-12-6-7-15(14(18)10-12)24-13-4-2-3-5-13/h6-10,13H,2-5,11H2,1H3,(H2,20,21,23). The van der Waals surface area contributed by atoms with Crippen molar-refractivity contribution in [1.82, 2.24) is 14.9 Å². The lowest BCUT2D eigenvalue weighted by Gasteiger charge is -2.15. The van der Waals surface area contributed by atoms with Crippen LogP contribution < -0.4 is 15.4 Å². The number of urea groups is 1. The van der Waals surface area contributed by atoms with Crippen LogP contribution in [0, 0.1) is 0 Å². The number of anilines is 1. The summed E-state index contributed by atoms with van der Waals surface area (Å²) in [5, 5.41) is 6.02. The van der Waals surface area contributed by atoms with Crippen molar-refractivity contribution in [3.63, 3.8) is 0 Å². The Balaban J connectivity index is 1.53. The fourth-order valence-electron chi connectivity index (χ4n) is 2.76. The molecule has 0 saturated heterocycles. The zero-order valence-electron chi connectivity index (χ0n) is 13.6. The van der Waals surface area contributed by atoms with Gasteiger partial charge in [-0.2, -0.15) is 0 Å². The molecule has 6 nitrogen and oxygen atoms in total. The molecular weight excluding hydrogens is 328 g/mol. The van der Waals surface area contributed by atoms with Gasteiger partial charge < -0.3 is 19.9 Å². The van der Waals surface area contributed by atoms with Crippen molar-refractivity contribution in [1.29, 1.82) is 0 Å². The lowest BCUT2D eigenvalue weighted by atomic mass is 10.2. The van der Waals surface area contributed by atoms with Crippen molar-refractivity contribution in [2.45, 2.75) is 38.3 Å². The van der Waals surface area contributed by atoms with Gasteiger partial charge in [-0.1, -0.05) is 11.6 Å². The Morgan fingerprint density at radius 1 is 1.42 bits per heavy atom. The number of aromatic nitrogens is 2. The quantitative estimate of drug-likeness (QED) is 0.865. The van der Waals surface area contributed by atoms with Crippen molar-refractivity contribution in [3.05, 3.63) is 41.4 Å². The fraction of sp³-hybridized carbons (Fsp3) is 0.412. The monoisotopic (exact) mass is 348 g/mol. The second-order valence-corrected chi connectivity index (χ2v) is 6.34. The van der Waals surface area contributed by atoms with Gasteiger partial charge in [0.25, 0.3) is 0 Å². The molecule has 1 saturated carbocycles. The first-order chi connectivity index (χ1) is 11.6. The molecule has 0 atom stereocenters.